The fourth-order valence-electron chi connectivity index (χ4n) is 2.72. The zero-order chi connectivity index (χ0) is 14.8. The molecule has 0 aliphatic carbocycles. The van der Waals surface area contributed by atoms with Gasteiger partial charge in [0.05, 0.1) is 16.9 Å². The first-order valence-corrected chi connectivity index (χ1v) is 6.93. The third-order valence-electron chi connectivity index (χ3n) is 3.90. The Kier molecular flexibility index (Phi) is 3.49. The molecule has 0 spiro atoms. The molecule has 1 heterocycles. The highest BCUT2D eigenvalue weighted by Gasteiger charge is 2.21. The molecule has 3 rings (SSSR count). The SMILES string of the molecule is CN1CCN(Cc2cccc(C#N)c2F)c2ccccc21. The molecule has 0 unspecified atom stereocenters. The monoisotopic (exact) mass is 281 g/mol. The summed E-state index contributed by atoms with van der Waals surface area (Å²) < 4.78 is 14.2. The number of halogens is 1. The Labute approximate surface area is 123 Å². The van der Waals surface area contributed by atoms with E-state index in [0.717, 1.165) is 24.5 Å². The van der Waals surface area contributed by atoms with Crippen LogP contribution >= 0.6 is 0 Å². The summed E-state index contributed by atoms with van der Waals surface area (Å²) in [4.78, 5) is 4.36. The molecule has 0 amide bonds. The van der Waals surface area contributed by atoms with E-state index in [1.54, 1.807) is 12.1 Å². The number of hydrogen-bond donors (Lipinski definition) is 0. The van der Waals surface area contributed by atoms with Gasteiger partial charge in [-0.2, -0.15) is 5.26 Å². The second-order valence-corrected chi connectivity index (χ2v) is 5.22. The molecule has 21 heavy (non-hydrogen) atoms. The lowest BCUT2D eigenvalue weighted by Crippen LogP contribution is -2.38. The van der Waals surface area contributed by atoms with Crippen LogP contribution in [0.25, 0.3) is 0 Å². The van der Waals surface area contributed by atoms with E-state index in [4.69, 9.17) is 5.26 Å². The molecule has 0 saturated heterocycles. The van der Waals surface area contributed by atoms with E-state index in [0.29, 0.717) is 12.1 Å². The van der Waals surface area contributed by atoms with Crippen molar-refractivity contribution in [3.8, 4) is 6.07 Å². The number of hydrogen-bond acceptors (Lipinski definition) is 3. The number of para-hydroxylation sites is 2. The molecule has 2 aromatic carbocycles. The van der Waals surface area contributed by atoms with Crippen LogP contribution in [0.2, 0.25) is 0 Å². The van der Waals surface area contributed by atoms with E-state index in [-0.39, 0.29) is 5.56 Å². The molecule has 2 aromatic rings. The molecule has 106 valence electrons. The van der Waals surface area contributed by atoms with Gasteiger partial charge in [-0.15, -0.1) is 0 Å². The molecule has 0 fully saturated rings. The van der Waals surface area contributed by atoms with Crippen molar-refractivity contribution < 1.29 is 4.39 Å². The van der Waals surface area contributed by atoms with E-state index in [2.05, 4.69) is 29.0 Å². The van der Waals surface area contributed by atoms with Gasteiger partial charge >= 0.3 is 0 Å². The number of anilines is 2. The highest BCUT2D eigenvalue weighted by molar-refractivity contribution is 5.73. The van der Waals surface area contributed by atoms with Gasteiger partial charge in [0.1, 0.15) is 11.9 Å². The van der Waals surface area contributed by atoms with Crippen molar-refractivity contribution in [2.75, 3.05) is 29.9 Å². The molecule has 0 radical (unpaired) electrons. The van der Waals surface area contributed by atoms with Gasteiger partial charge in [0.2, 0.25) is 0 Å². The van der Waals surface area contributed by atoms with Gasteiger partial charge in [0, 0.05) is 32.2 Å². The molecule has 1 aliphatic rings. The minimum Gasteiger partial charge on any atom is -0.371 e. The van der Waals surface area contributed by atoms with Crippen LogP contribution in [0.15, 0.2) is 42.5 Å². The first kappa shape index (κ1) is 13.4. The summed E-state index contributed by atoms with van der Waals surface area (Å²) in [5, 5.41) is 8.93. The second kappa shape index (κ2) is 5.45. The molecule has 0 aromatic heterocycles. The van der Waals surface area contributed by atoms with Gasteiger partial charge in [0.25, 0.3) is 0 Å². The summed E-state index contributed by atoms with van der Waals surface area (Å²) in [6.45, 7) is 2.21. The molecule has 1 aliphatic heterocycles. The maximum atomic E-state index is 14.2. The fraction of sp³-hybridized carbons (Fsp3) is 0.235. The molecule has 0 bridgehead atoms. The molecule has 4 heteroatoms. The number of nitriles is 1. The van der Waals surface area contributed by atoms with Crippen molar-refractivity contribution in [3.63, 3.8) is 0 Å². The van der Waals surface area contributed by atoms with Crippen LogP contribution in [0, 0.1) is 17.1 Å². The molecular weight excluding hydrogens is 265 g/mol. The van der Waals surface area contributed by atoms with Crippen LogP contribution in [0.5, 0.6) is 0 Å². The van der Waals surface area contributed by atoms with Crippen molar-refractivity contribution in [3.05, 3.63) is 59.4 Å². The van der Waals surface area contributed by atoms with Gasteiger partial charge in [-0.3, -0.25) is 0 Å². The van der Waals surface area contributed by atoms with Crippen LogP contribution < -0.4 is 9.80 Å². The van der Waals surface area contributed by atoms with E-state index in [1.165, 1.54) is 6.07 Å². The van der Waals surface area contributed by atoms with E-state index < -0.39 is 5.82 Å². The third-order valence-corrected chi connectivity index (χ3v) is 3.90. The van der Waals surface area contributed by atoms with Crippen LogP contribution in [0.1, 0.15) is 11.1 Å². The molecule has 0 N–H and O–H groups in total. The Morgan fingerprint density at radius 3 is 2.62 bits per heavy atom. The van der Waals surface area contributed by atoms with Crippen molar-refractivity contribution in [2.24, 2.45) is 0 Å². The Hall–Kier alpha value is -2.54. The van der Waals surface area contributed by atoms with Gasteiger partial charge in [-0.05, 0) is 18.2 Å². The Morgan fingerprint density at radius 2 is 1.86 bits per heavy atom. The van der Waals surface area contributed by atoms with Gasteiger partial charge in [-0.1, -0.05) is 24.3 Å². The summed E-state index contributed by atoms with van der Waals surface area (Å²) in [7, 11) is 2.06. The average molecular weight is 281 g/mol. The summed E-state index contributed by atoms with van der Waals surface area (Å²) in [6.07, 6.45) is 0. The predicted molar refractivity (Wildman–Crippen MR) is 81.9 cm³/mol. The standard InChI is InChI=1S/C17H16FN3/c1-20-9-10-21(16-8-3-2-7-15(16)20)12-14-6-4-5-13(11-19)17(14)18/h2-8H,9-10,12H2,1H3. The minimum absolute atomic E-state index is 0.106. The maximum absolute atomic E-state index is 14.2. The molecule has 0 saturated carbocycles. The van der Waals surface area contributed by atoms with Crippen molar-refractivity contribution in [2.45, 2.75) is 6.54 Å². The largest absolute Gasteiger partial charge is 0.371 e. The van der Waals surface area contributed by atoms with Gasteiger partial charge < -0.3 is 9.80 Å². The highest BCUT2D eigenvalue weighted by Crippen LogP contribution is 2.33. The lowest BCUT2D eigenvalue weighted by atomic mass is 10.1. The zero-order valence-corrected chi connectivity index (χ0v) is 11.9. The lowest BCUT2D eigenvalue weighted by Gasteiger charge is -2.37. The number of nitrogens with zero attached hydrogens (tertiary/aromatic N) is 3. The highest BCUT2D eigenvalue weighted by atomic mass is 19.1. The topological polar surface area (TPSA) is 30.3 Å². The zero-order valence-electron chi connectivity index (χ0n) is 11.9. The third kappa shape index (κ3) is 2.43. The normalized spacial score (nSPS) is 13.8. The number of rotatable bonds is 2. The van der Waals surface area contributed by atoms with Crippen LogP contribution in [-0.4, -0.2) is 20.1 Å². The maximum Gasteiger partial charge on any atom is 0.145 e. The Balaban J connectivity index is 1.94. The van der Waals surface area contributed by atoms with Crippen LogP contribution in [0.3, 0.4) is 0 Å². The second-order valence-electron chi connectivity index (χ2n) is 5.22. The number of likely N-dealkylation sites (N-methyl/N-ethyl adjacent to an activating group) is 1. The molecular formula is C17H16FN3. The average Bonchev–Trinajstić information content (AvgIpc) is 2.52. The van der Waals surface area contributed by atoms with Crippen LogP contribution in [-0.2, 0) is 6.54 Å². The van der Waals surface area contributed by atoms with Gasteiger partial charge in [-0.25, -0.2) is 4.39 Å². The molecule has 0 atom stereocenters. The fourth-order valence-corrected chi connectivity index (χ4v) is 2.72. The summed E-state index contributed by atoms with van der Waals surface area (Å²) in [5.41, 5.74) is 2.93. The number of benzene rings is 2. The quantitative estimate of drug-likeness (QED) is 0.847. The van der Waals surface area contributed by atoms with E-state index >= 15 is 0 Å². The van der Waals surface area contributed by atoms with E-state index in [9.17, 15) is 4.39 Å². The Morgan fingerprint density at radius 1 is 1.10 bits per heavy atom. The first-order valence-electron chi connectivity index (χ1n) is 6.93. The van der Waals surface area contributed by atoms with E-state index in [1.807, 2.05) is 18.2 Å². The summed E-state index contributed by atoms with van der Waals surface area (Å²) in [6, 6.07) is 15.0. The summed E-state index contributed by atoms with van der Waals surface area (Å²) in [5.74, 6) is -0.406. The van der Waals surface area contributed by atoms with Crippen molar-refractivity contribution in [1.29, 1.82) is 5.26 Å². The number of fused-ring (bicyclic) bond motifs is 1. The predicted octanol–water partition coefficient (Wildman–Crippen LogP) is 3.15. The van der Waals surface area contributed by atoms with Crippen molar-refractivity contribution in [1.82, 2.24) is 0 Å². The molecule has 3 nitrogen and oxygen atoms in total. The van der Waals surface area contributed by atoms with Gasteiger partial charge in [0.15, 0.2) is 0 Å². The first-order chi connectivity index (χ1) is 10.2. The summed E-state index contributed by atoms with van der Waals surface area (Å²) >= 11 is 0. The van der Waals surface area contributed by atoms with Crippen LogP contribution in [0.4, 0.5) is 15.8 Å². The minimum atomic E-state index is -0.406. The Bertz CT molecular complexity index is 705. The lowest BCUT2D eigenvalue weighted by molar-refractivity contribution is 0.598. The smallest absolute Gasteiger partial charge is 0.145 e. The van der Waals surface area contributed by atoms with Crippen molar-refractivity contribution >= 4 is 11.4 Å².